The van der Waals surface area contributed by atoms with Crippen LogP contribution in [0.15, 0.2) is 95.9 Å². The van der Waals surface area contributed by atoms with E-state index in [1.807, 2.05) is 66.3 Å². The Bertz CT molecular complexity index is 1500. The van der Waals surface area contributed by atoms with E-state index in [9.17, 15) is 4.79 Å². The molecular weight excluding hydrogens is 450 g/mol. The number of carbonyl (C=O) groups is 1. The number of amides is 1. The van der Waals surface area contributed by atoms with Gasteiger partial charge in [-0.1, -0.05) is 66.2 Å². The number of benzene rings is 3. The van der Waals surface area contributed by atoms with Crippen molar-refractivity contribution in [2.75, 3.05) is 5.32 Å². The molecule has 0 atom stereocenters. The summed E-state index contributed by atoms with van der Waals surface area (Å²) in [6.45, 7) is 4.62. The molecule has 1 N–H and O–H groups in total. The van der Waals surface area contributed by atoms with Gasteiger partial charge in [-0.2, -0.15) is 5.10 Å². The molecule has 0 radical (unpaired) electrons. The van der Waals surface area contributed by atoms with Crippen LogP contribution in [0.4, 0.5) is 5.69 Å². The van der Waals surface area contributed by atoms with E-state index in [1.54, 1.807) is 6.08 Å². The molecule has 0 aliphatic carbocycles. The number of anilines is 1. The SMILES string of the molecule is Cc1ccc(-c2nn(Cc3ccccc3)cc2/C=C/C(=O)Nc2cc(-c3nnco3)ccc2C)cc1. The van der Waals surface area contributed by atoms with E-state index in [2.05, 4.69) is 46.7 Å². The minimum Gasteiger partial charge on any atom is -0.423 e. The van der Waals surface area contributed by atoms with Gasteiger partial charge in [0.1, 0.15) is 0 Å². The quantitative estimate of drug-likeness (QED) is 0.296. The molecule has 0 bridgehead atoms. The average molecular weight is 476 g/mol. The minimum atomic E-state index is -0.244. The molecule has 0 aliphatic rings. The maximum atomic E-state index is 12.8. The number of nitrogens with one attached hydrogen (secondary N) is 1. The topological polar surface area (TPSA) is 85.8 Å². The Morgan fingerprint density at radius 1 is 1.00 bits per heavy atom. The lowest BCUT2D eigenvalue weighted by molar-refractivity contribution is -0.111. The summed E-state index contributed by atoms with van der Waals surface area (Å²) < 4.78 is 7.18. The van der Waals surface area contributed by atoms with E-state index in [0.29, 0.717) is 18.1 Å². The lowest BCUT2D eigenvalue weighted by Crippen LogP contribution is -2.09. The number of hydrogen-bond donors (Lipinski definition) is 1. The molecule has 36 heavy (non-hydrogen) atoms. The van der Waals surface area contributed by atoms with Crippen LogP contribution < -0.4 is 5.32 Å². The van der Waals surface area contributed by atoms with Crippen molar-refractivity contribution in [3.63, 3.8) is 0 Å². The molecule has 5 aromatic rings. The first-order valence-electron chi connectivity index (χ1n) is 11.6. The van der Waals surface area contributed by atoms with Gasteiger partial charge >= 0.3 is 0 Å². The van der Waals surface area contributed by atoms with E-state index in [4.69, 9.17) is 9.52 Å². The van der Waals surface area contributed by atoms with Gasteiger partial charge in [-0.15, -0.1) is 10.2 Å². The summed E-state index contributed by atoms with van der Waals surface area (Å²) in [4.78, 5) is 12.8. The largest absolute Gasteiger partial charge is 0.423 e. The van der Waals surface area contributed by atoms with Crippen molar-refractivity contribution in [2.24, 2.45) is 0 Å². The van der Waals surface area contributed by atoms with Crippen LogP contribution in [-0.2, 0) is 11.3 Å². The van der Waals surface area contributed by atoms with Crippen molar-refractivity contribution >= 4 is 17.7 Å². The third kappa shape index (κ3) is 5.31. The highest BCUT2D eigenvalue weighted by molar-refractivity contribution is 6.03. The van der Waals surface area contributed by atoms with Crippen molar-refractivity contribution in [2.45, 2.75) is 20.4 Å². The normalized spacial score (nSPS) is 11.2. The van der Waals surface area contributed by atoms with Crippen molar-refractivity contribution in [3.8, 4) is 22.7 Å². The maximum Gasteiger partial charge on any atom is 0.248 e. The molecule has 0 saturated carbocycles. The van der Waals surface area contributed by atoms with Gasteiger partial charge in [0.05, 0.1) is 12.2 Å². The zero-order valence-electron chi connectivity index (χ0n) is 20.1. The van der Waals surface area contributed by atoms with Gasteiger partial charge in [-0.05, 0) is 43.2 Å². The fraction of sp³-hybridized carbons (Fsp3) is 0.103. The Balaban J connectivity index is 1.40. The number of aromatic nitrogens is 4. The fourth-order valence-electron chi connectivity index (χ4n) is 3.87. The number of carbonyl (C=O) groups excluding carboxylic acids is 1. The molecule has 5 rings (SSSR count). The van der Waals surface area contributed by atoms with E-state index in [1.165, 1.54) is 18.0 Å². The zero-order chi connectivity index (χ0) is 24.9. The summed E-state index contributed by atoms with van der Waals surface area (Å²) in [6.07, 6.45) is 6.57. The molecule has 3 aromatic carbocycles. The van der Waals surface area contributed by atoms with Crippen LogP contribution in [0.1, 0.15) is 22.3 Å². The van der Waals surface area contributed by atoms with Crippen LogP contribution >= 0.6 is 0 Å². The first-order valence-corrected chi connectivity index (χ1v) is 11.6. The summed E-state index contributed by atoms with van der Waals surface area (Å²) in [5.41, 5.74) is 7.36. The second kappa shape index (κ2) is 10.2. The van der Waals surface area contributed by atoms with Gasteiger partial charge in [0.2, 0.25) is 18.2 Å². The van der Waals surface area contributed by atoms with Gasteiger partial charge in [0.25, 0.3) is 0 Å². The molecule has 0 saturated heterocycles. The van der Waals surface area contributed by atoms with Crippen molar-refractivity contribution in [1.29, 1.82) is 0 Å². The highest BCUT2D eigenvalue weighted by Gasteiger charge is 2.12. The molecule has 0 fully saturated rings. The number of nitrogens with zero attached hydrogens (tertiary/aromatic N) is 4. The minimum absolute atomic E-state index is 0.244. The molecule has 2 aromatic heterocycles. The summed E-state index contributed by atoms with van der Waals surface area (Å²) in [5.74, 6) is 0.154. The summed E-state index contributed by atoms with van der Waals surface area (Å²) in [6, 6.07) is 24.0. The van der Waals surface area contributed by atoms with Crippen molar-refractivity contribution in [1.82, 2.24) is 20.0 Å². The Morgan fingerprint density at radius 3 is 2.53 bits per heavy atom. The predicted octanol–water partition coefficient (Wildman–Crippen LogP) is 5.92. The van der Waals surface area contributed by atoms with E-state index in [0.717, 1.165) is 33.5 Å². The fourth-order valence-corrected chi connectivity index (χ4v) is 3.87. The first kappa shape index (κ1) is 23.0. The summed E-state index contributed by atoms with van der Waals surface area (Å²) >= 11 is 0. The molecule has 0 aliphatic heterocycles. The van der Waals surface area contributed by atoms with Gasteiger partial charge in [0.15, 0.2) is 0 Å². The van der Waals surface area contributed by atoms with Gasteiger partial charge in [-0.25, -0.2) is 0 Å². The monoisotopic (exact) mass is 475 g/mol. The van der Waals surface area contributed by atoms with Crippen LogP contribution in [-0.4, -0.2) is 25.9 Å². The van der Waals surface area contributed by atoms with Crippen LogP contribution in [0.25, 0.3) is 28.8 Å². The lowest BCUT2D eigenvalue weighted by Gasteiger charge is -2.07. The summed E-state index contributed by atoms with van der Waals surface area (Å²) in [7, 11) is 0. The van der Waals surface area contributed by atoms with Crippen molar-refractivity contribution < 1.29 is 9.21 Å². The van der Waals surface area contributed by atoms with E-state index < -0.39 is 0 Å². The number of hydrogen-bond acceptors (Lipinski definition) is 5. The number of rotatable bonds is 7. The Morgan fingerprint density at radius 2 is 1.78 bits per heavy atom. The second-order valence-electron chi connectivity index (χ2n) is 8.58. The number of aryl methyl sites for hydroxylation is 2. The highest BCUT2D eigenvalue weighted by atomic mass is 16.4. The smallest absolute Gasteiger partial charge is 0.248 e. The standard InChI is InChI=1S/C29H25N5O2/c1-20-8-11-23(12-9-20)28-25(18-34(33-28)17-22-6-4-3-5-7-22)14-15-27(35)31-26-16-24(13-10-21(26)2)29-32-30-19-36-29/h3-16,18-19H,17H2,1-2H3,(H,31,35)/b15-14+. The summed E-state index contributed by atoms with van der Waals surface area (Å²) in [5, 5.41) is 15.4. The van der Waals surface area contributed by atoms with Crippen LogP contribution in [0.3, 0.4) is 0 Å². The molecule has 178 valence electrons. The third-order valence-corrected chi connectivity index (χ3v) is 5.82. The third-order valence-electron chi connectivity index (χ3n) is 5.82. The predicted molar refractivity (Wildman–Crippen MR) is 140 cm³/mol. The second-order valence-corrected chi connectivity index (χ2v) is 8.58. The molecule has 1 amide bonds. The maximum absolute atomic E-state index is 12.8. The van der Waals surface area contributed by atoms with Gasteiger partial charge < -0.3 is 9.73 Å². The van der Waals surface area contributed by atoms with E-state index >= 15 is 0 Å². The highest BCUT2D eigenvalue weighted by Crippen LogP contribution is 2.26. The Kier molecular flexibility index (Phi) is 6.53. The zero-order valence-corrected chi connectivity index (χ0v) is 20.1. The first-order chi connectivity index (χ1) is 17.5. The van der Waals surface area contributed by atoms with Crippen LogP contribution in [0, 0.1) is 13.8 Å². The lowest BCUT2D eigenvalue weighted by atomic mass is 10.1. The van der Waals surface area contributed by atoms with Crippen molar-refractivity contribution in [3.05, 3.63) is 114 Å². The van der Waals surface area contributed by atoms with Gasteiger partial charge in [-0.3, -0.25) is 9.48 Å². The van der Waals surface area contributed by atoms with Crippen LogP contribution in [0.2, 0.25) is 0 Å². The molecular formula is C29H25N5O2. The Labute approximate surface area is 209 Å². The molecule has 0 unspecified atom stereocenters. The molecule has 7 nitrogen and oxygen atoms in total. The van der Waals surface area contributed by atoms with E-state index in [-0.39, 0.29) is 5.91 Å². The van der Waals surface area contributed by atoms with Gasteiger partial charge in [0, 0.05) is 34.7 Å². The molecule has 0 spiro atoms. The average Bonchev–Trinajstić information content (AvgIpc) is 3.56. The molecule has 2 heterocycles. The molecule has 7 heteroatoms. The van der Waals surface area contributed by atoms with Crippen LogP contribution in [0.5, 0.6) is 0 Å². The Hall–Kier alpha value is -4.78.